The topological polar surface area (TPSA) is 28.2 Å². The molecule has 0 saturated carbocycles. The van der Waals surface area contributed by atoms with E-state index >= 15 is 0 Å². The summed E-state index contributed by atoms with van der Waals surface area (Å²) in [5, 5.41) is 3.29. The van der Waals surface area contributed by atoms with Gasteiger partial charge in [0.15, 0.2) is 0 Å². The van der Waals surface area contributed by atoms with E-state index in [9.17, 15) is 0 Å². The average molecular weight is 235 g/mol. The van der Waals surface area contributed by atoms with Gasteiger partial charge < -0.3 is 10.2 Å². The first-order valence-corrected chi connectivity index (χ1v) is 6.61. The van der Waals surface area contributed by atoms with Crippen LogP contribution in [0, 0.1) is 0 Å². The second-order valence-electron chi connectivity index (χ2n) is 4.36. The van der Waals surface area contributed by atoms with Crippen molar-refractivity contribution < 1.29 is 0 Å². The molecule has 0 aromatic carbocycles. The van der Waals surface area contributed by atoms with E-state index in [0.717, 1.165) is 18.9 Å². The molecule has 1 atom stereocenters. The first kappa shape index (κ1) is 14.0. The van der Waals surface area contributed by atoms with E-state index in [-0.39, 0.29) is 0 Å². The van der Waals surface area contributed by atoms with Crippen LogP contribution in [-0.4, -0.2) is 25.1 Å². The normalized spacial score (nSPS) is 12.5. The lowest BCUT2D eigenvalue weighted by Crippen LogP contribution is -2.27. The molecule has 1 unspecified atom stereocenters. The maximum absolute atomic E-state index is 4.56. The highest BCUT2D eigenvalue weighted by atomic mass is 15.2. The number of anilines is 1. The molecule has 0 bridgehead atoms. The lowest BCUT2D eigenvalue weighted by atomic mass is 10.1. The van der Waals surface area contributed by atoms with Gasteiger partial charge in [-0.2, -0.15) is 0 Å². The smallest absolute Gasteiger partial charge is 0.133 e. The number of rotatable bonds is 7. The summed E-state index contributed by atoms with van der Waals surface area (Å²) >= 11 is 0. The molecule has 0 saturated heterocycles. The van der Waals surface area contributed by atoms with Crippen molar-refractivity contribution in [3.05, 3.63) is 23.9 Å². The first-order valence-electron chi connectivity index (χ1n) is 6.61. The van der Waals surface area contributed by atoms with E-state index in [2.05, 4.69) is 42.0 Å². The summed E-state index contributed by atoms with van der Waals surface area (Å²) in [7, 11) is 1.99. The highest BCUT2D eigenvalue weighted by Gasteiger charge is 2.14. The number of aromatic nitrogens is 1. The number of pyridine rings is 1. The highest BCUT2D eigenvalue weighted by Crippen LogP contribution is 2.23. The monoisotopic (exact) mass is 235 g/mol. The van der Waals surface area contributed by atoms with Crippen molar-refractivity contribution in [3.8, 4) is 0 Å². The van der Waals surface area contributed by atoms with Gasteiger partial charge in [0.05, 0.1) is 0 Å². The lowest BCUT2D eigenvalue weighted by molar-refractivity contribution is 0.639. The number of hydrogen-bond acceptors (Lipinski definition) is 3. The van der Waals surface area contributed by atoms with Crippen molar-refractivity contribution >= 4 is 5.82 Å². The molecule has 3 heteroatoms. The molecule has 96 valence electrons. The Morgan fingerprint density at radius 2 is 2.18 bits per heavy atom. The van der Waals surface area contributed by atoms with E-state index in [1.54, 1.807) is 0 Å². The van der Waals surface area contributed by atoms with Crippen molar-refractivity contribution in [2.24, 2.45) is 0 Å². The van der Waals surface area contributed by atoms with E-state index in [4.69, 9.17) is 0 Å². The Bertz CT molecular complexity index is 325. The maximum atomic E-state index is 4.56. The zero-order chi connectivity index (χ0) is 12.7. The Hall–Kier alpha value is -1.09. The lowest BCUT2D eigenvalue weighted by Gasteiger charge is -2.26. The van der Waals surface area contributed by atoms with Gasteiger partial charge in [-0.25, -0.2) is 4.98 Å². The van der Waals surface area contributed by atoms with Crippen LogP contribution in [-0.2, 0) is 0 Å². The molecule has 0 aliphatic carbocycles. The molecule has 0 aliphatic heterocycles. The molecule has 1 rings (SSSR count). The fraction of sp³-hybridized carbons (Fsp3) is 0.643. The summed E-state index contributed by atoms with van der Waals surface area (Å²) in [4.78, 5) is 6.93. The largest absolute Gasteiger partial charge is 0.357 e. The highest BCUT2D eigenvalue weighted by molar-refractivity contribution is 5.48. The van der Waals surface area contributed by atoms with Crippen molar-refractivity contribution in [3.63, 3.8) is 0 Å². The van der Waals surface area contributed by atoms with Crippen LogP contribution in [0.5, 0.6) is 0 Å². The molecule has 1 aromatic rings. The SMILES string of the molecule is CCCCN(CC)c1ncccc1C(C)NC. The van der Waals surface area contributed by atoms with Gasteiger partial charge in [0, 0.05) is 30.9 Å². The second kappa shape index (κ2) is 7.28. The number of unbranched alkanes of at least 4 members (excludes halogenated alkanes) is 1. The molecule has 17 heavy (non-hydrogen) atoms. The second-order valence-corrected chi connectivity index (χ2v) is 4.36. The average Bonchev–Trinajstić information content (AvgIpc) is 2.39. The maximum Gasteiger partial charge on any atom is 0.133 e. The van der Waals surface area contributed by atoms with E-state index in [1.165, 1.54) is 18.4 Å². The third-order valence-corrected chi connectivity index (χ3v) is 3.18. The fourth-order valence-corrected chi connectivity index (χ4v) is 1.93. The van der Waals surface area contributed by atoms with Gasteiger partial charge in [0.25, 0.3) is 0 Å². The molecule has 1 heterocycles. The molecule has 1 aromatic heterocycles. The number of hydrogen-bond donors (Lipinski definition) is 1. The molecule has 3 nitrogen and oxygen atoms in total. The van der Waals surface area contributed by atoms with Crippen LogP contribution in [0.3, 0.4) is 0 Å². The number of nitrogens with zero attached hydrogens (tertiary/aromatic N) is 2. The minimum Gasteiger partial charge on any atom is -0.357 e. The standard InChI is InChI=1S/C14H25N3/c1-5-7-11-17(6-2)14-13(12(3)15-4)9-8-10-16-14/h8-10,12,15H,5-7,11H2,1-4H3. The molecular formula is C14H25N3. The van der Waals surface area contributed by atoms with Gasteiger partial charge in [-0.05, 0) is 33.4 Å². The molecule has 0 aliphatic rings. The Morgan fingerprint density at radius 1 is 1.41 bits per heavy atom. The Kier molecular flexibility index (Phi) is 5.98. The zero-order valence-corrected chi connectivity index (χ0v) is 11.5. The van der Waals surface area contributed by atoms with E-state index in [0.29, 0.717) is 6.04 Å². The Morgan fingerprint density at radius 3 is 2.76 bits per heavy atom. The van der Waals surface area contributed by atoms with Crippen LogP contribution in [0.15, 0.2) is 18.3 Å². The van der Waals surface area contributed by atoms with Crippen LogP contribution < -0.4 is 10.2 Å². The minimum absolute atomic E-state index is 0.342. The fourth-order valence-electron chi connectivity index (χ4n) is 1.93. The van der Waals surface area contributed by atoms with Crippen LogP contribution >= 0.6 is 0 Å². The summed E-state index contributed by atoms with van der Waals surface area (Å²) in [5.74, 6) is 1.13. The summed E-state index contributed by atoms with van der Waals surface area (Å²) in [6.45, 7) is 8.70. The molecular weight excluding hydrogens is 210 g/mol. The van der Waals surface area contributed by atoms with Crippen molar-refractivity contribution in [1.29, 1.82) is 0 Å². The van der Waals surface area contributed by atoms with Gasteiger partial charge in [-0.3, -0.25) is 0 Å². The first-order chi connectivity index (χ1) is 8.24. The summed E-state index contributed by atoms with van der Waals surface area (Å²) < 4.78 is 0. The van der Waals surface area contributed by atoms with Crippen LogP contribution in [0.25, 0.3) is 0 Å². The molecule has 0 radical (unpaired) electrons. The third-order valence-electron chi connectivity index (χ3n) is 3.18. The van der Waals surface area contributed by atoms with Crippen molar-refractivity contribution in [1.82, 2.24) is 10.3 Å². The van der Waals surface area contributed by atoms with Gasteiger partial charge in [0.1, 0.15) is 5.82 Å². The Labute approximate surface area is 105 Å². The van der Waals surface area contributed by atoms with Crippen molar-refractivity contribution in [2.75, 3.05) is 25.0 Å². The van der Waals surface area contributed by atoms with Crippen LogP contribution in [0.1, 0.15) is 45.2 Å². The molecule has 0 amide bonds. The van der Waals surface area contributed by atoms with Crippen LogP contribution in [0.4, 0.5) is 5.82 Å². The summed E-state index contributed by atoms with van der Waals surface area (Å²) in [6.07, 6.45) is 4.33. The molecule has 1 N–H and O–H groups in total. The van der Waals surface area contributed by atoms with E-state index < -0.39 is 0 Å². The zero-order valence-electron chi connectivity index (χ0n) is 11.5. The van der Waals surface area contributed by atoms with Gasteiger partial charge in [0.2, 0.25) is 0 Å². The summed E-state index contributed by atoms with van der Waals surface area (Å²) in [6, 6.07) is 4.52. The van der Waals surface area contributed by atoms with Crippen LogP contribution in [0.2, 0.25) is 0 Å². The predicted octanol–water partition coefficient (Wildman–Crippen LogP) is 2.99. The van der Waals surface area contributed by atoms with E-state index in [1.807, 2.05) is 19.3 Å². The number of nitrogens with one attached hydrogen (secondary N) is 1. The minimum atomic E-state index is 0.342. The van der Waals surface area contributed by atoms with Crippen molar-refractivity contribution in [2.45, 2.75) is 39.7 Å². The molecule has 0 spiro atoms. The molecule has 0 fully saturated rings. The summed E-state index contributed by atoms with van der Waals surface area (Å²) in [5.41, 5.74) is 1.29. The van der Waals surface area contributed by atoms with Gasteiger partial charge in [-0.15, -0.1) is 0 Å². The predicted molar refractivity (Wildman–Crippen MR) is 74.5 cm³/mol. The van der Waals surface area contributed by atoms with Gasteiger partial charge in [-0.1, -0.05) is 19.4 Å². The third kappa shape index (κ3) is 3.70. The Balaban J connectivity index is 2.93. The van der Waals surface area contributed by atoms with Gasteiger partial charge >= 0.3 is 0 Å². The quantitative estimate of drug-likeness (QED) is 0.787.